The van der Waals surface area contributed by atoms with Gasteiger partial charge >= 0.3 is 5.97 Å². The zero-order chi connectivity index (χ0) is 28.5. The van der Waals surface area contributed by atoms with E-state index in [0.717, 1.165) is 38.5 Å². The third-order valence-electron chi connectivity index (χ3n) is 6.32. The first-order valence-electron chi connectivity index (χ1n) is 14.6. The number of carbonyl (C=O) groups excluding carboxylic acids is 2. The molecule has 0 heterocycles. The van der Waals surface area contributed by atoms with Crippen LogP contribution < -0.4 is 5.11 Å². The van der Waals surface area contributed by atoms with E-state index >= 15 is 0 Å². The highest BCUT2D eigenvalue weighted by Gasteiger charge is 2.24. The van der Waals surface area contributed by atoms with Crippen LogP contribution in [0.1, 0.15) is 96.8 Å². The van der Waals surface area contributed by atoms with Crippen LogP contribution in [0.25, 0.3) is 0 Å². The number of allylic oxidation sites excluding steroid dienone is 6. The Morgan fingerprint density at radius 3 is 1.92 bits per heavy atom. The molecule has 0 saturated heterocycles. The largest absolute Gasteiger partial charge is 0.544 e. The fourth-order valence-corrected chi connectivity index (χ4v) is 3.95. The van der Waals surface area contributed by atoms with E-state index in [0.29, 0.717) is 6.42 Å². The Kier molecular flexibility index (Phi) is 22.9. The summed E-state index contributed by atoms with van der Waals surface area (Å²) in [5.74, 6) is -1.44. The van der Waals surface area contributed by atoms with Gasteiger partial charge in [0, 0.05) is 12.8 Å². The molecule has 38 heavy (non-hydrogen) atoms. The van der Waals surface area contributed by atoms with Crippen LogP contribution in [0.15, 0.2) is 36.5 Å². The molecule has 0 aromatic rings. The number of esters is 1. The number of carbonyl (C=O) groups is 2. The molecular weight excluding hydrogens is 482 g/mol. The van der Waals surface area contributed by atoms with Crippen molar-refractivity contribution < 1.29 is 33.8 Å². The predicted octanol–water partition coefficient (Wildman–Crippen LogP) is 4.88. The molecule has 7 nitrogen and oxygen atoms in total. The minimum Gasteiger partial charge on any atom is -0.544 e. The zero-order valence-electron chi connectivity index (χ0n) is 24.6. The Balaban J connectivity index is 3.63. The average molecular weight is 538 g/mol. The van der Waals surface area contributed by atoms with Crippen molar-refractivity contribution in [2.24, 2.45) is 0 Å². The Morgan fingerprint density at radius 2 is 1.37 bits per heavy atom. The van der Waals surface area contributed by atoms with Gasteiger partial charge in [-0.15, -0.1) is 0 Å². The number of aliphatic carboxylic acids is 1. The summed E-state index contributed by atoms with van der Waals surface area (Å²) in [5, 5.41) is 21.1. The third kappa shape index (κ3) is 23.2. The molecule has 2 atom stereocenters. The van der Waals surface area contributed by atoms with Crippen molar-refractivity contribution in [2.45, 2.75) is 109 Å². The summed E-state index contributed by atoms with van der Waals surface area (Å²) in [4.78, 5) is 23.1. The Morgan fingerprint density at radius 1 is 0.816 bits per heavy atom. The highest BCUT2D eigenvalue weighted by atomic mass is 16.5. The number of likely N-dealkylation sites (N-methyl/N-ethyl adjacent to an activating group) is 1. The van der Waals surface area contributed by atoms with Gasteiger partial charge < -0.3 is 29.0 Å². The maximum Gasteiger partial charge on any atom is 0.305 e. The molecular formula is C31H55NO6. The van der Waals surface area contributed by atoms with E-state index in [-0.39, 0.29) is 36.7 Å². The number of aliphatic hydroxyl groups excluding tert-OH is 1. The van der Waals surface area contributed by atoms with Crippen molar-refractivity contribution in [1.29, 1.82) is 0 Å². The summed E-state index contributed by atoms with van der Waals surface area (Å²) in [6, 6.07) is -0.689. The van der Waals surface area contributed by atoms with Crippen molar-refractivity contribution in [3.63, 3.8) is 0 Å². The van der Waals surface area contributed by atoms with E-state index in [4.69, 9.17) is 9.47 Å². The van der Waals surface area contributed by atoms with Gasteiger partial charge in [-0.1, -0.05) is 88.3 Å². The van der Waals surface area contributed by atoms with Gasteiger partial charge in [-0.3, -0.25) is 4.79 Å². The van der Waals surface area contributed by atoms with E-state index < -0.39 is 18.1 Å². The molecule has 0 radical (unpaired) electrons. The van der Waals surface area contributed by atoms with Gasteiger partial charge in [0.15, 0.2) is 0 Å². The number of ether oxygens (including phenoxy) is 2. The van der Waals surface area contributed by atoms with Crippen molar-refractivity contribution in [1.82, 2.24) is 0 Å². The molecule has 220 valence electrons. The second-order valence-corrected chi connectivity index (χ2v) is 10.9. The molecule has 0 rings (SSSR count). The summed E-state index contributed by atoms with van der Waals surface area (Å²) >= 11 is 0. The first-order valence-corrected chi connectivity index (χ1v) is 14.6. The van der Waals surface area contributed by atoms with Gasteiger partial charge in [0.1, 0.15) is 18.8 Å². The first kappa shape index (κ1) is 36.0. The number of quaternary nitrogens is 1. The predicted molar refractivity (Wildman–Crippen MR) is 152 cm³/mol. The summed E-state index contributed by atoms with van der Waals surface area (Å²) in [5.41, 5.74) is 0. The van der Waals surface area contributed by atoms with Gasteiger partial charge in [-0.25, -0.2) is 0 Å². The third-order valence-corrected chi connectivity index (χ3v) is 6.32. The smallest absolute Gasteiger partial charge is 0.305 e. The zero-order valence-corrected chi connectivity index (χ0v) is 24.6. The molecule has 0 aliphatic rings. The van der Waals surface area contributed by atoms with Crippen LogP contribution in [0.5, 0.6) is 0 Å². The van der Waals surface area contributed by atoms with Gasteiger partial charge in [0.25, 0.3) is 0 Å². The molecule has 7 heteroatoms. The normalized spacial score (nSPS) is 14.0. The molecule has 0 aliphatic carbocycles. The van der Waals surface area contributed by atoms with E-state index in [1.54, 1.807) is 21.1 Å². The molecule has 0 aliphatic heterocycles. The van der Waals surface area contributed by atoms with Gasteiger partial charge in [0.05, 0.1) is 40.3 Å². The molecule has 1 N–H and O–H groups in total. The maximum atomic E-state index is 11.9. The molecule has 0 spiro atoms. The van der Waals surface area contributed by atoms with Gasteiger partial charge in [-0.2, -0.15) is 0 Å². The standard InChI is InChI=1S/C31H55NO6/c1-5-6-7-8-9-10-11-12-13-14-15-16-17-18-19-20-21-22-23-30(34)38-27-28(33)26-37-25-24-29(31(35)36)32(2,3)4/h11-16,28-29,33H,5-10,17-27H2,1-4H3/b12-11+,14-13+,16-15+. The molecule has 0 saturated carbocycles. The summed E-state index contributed by atoms with van der Waals surface area (Å²) in [6.45, 7) is 2.30. The van der Waals surface area contributed by atoms with Crippen LogP contribution in [-0.4, -0.2) is 74.6 Å². The quantitative estimate of drug-likeness (QED) is 0.0772. The number of aliphatic hydroxyl groups is 1. The number of unbranched alkanes of at least 4 members (excludes halogenated alkanes) is 10. The molecule has 2 unspecified atom stereocenters. The van der Waals surface area contributed by atoms with E-state index in [1.165, 1.54) is 38.5 Å². The van der Waals surface area contributed by atoms with Crippen LogP contribution in [0.3, 0.4) is 0 Å². The number of carboxylic acids is 1. The molecule has 0 aromatic carbocycles. The van der Waals surface area contributed by atoms with E-state index in [1.807, 2.05) is 0 Å². The molecule has 0 bridgehead atoms. The number of nitrogens with zero attached hydrogens (tertiary/aromatic N) is 1. The lowest BCUT2D eigenvalue weighted by molar-refractivity contribution is -0.889. The van der Waals surface area contributed by atoms with Crippen LogP contribution in [0.2, 0.25) is 0 Å². The van der Waals surface area contributed by atoms with Crippen molar-refractivity contribution in [3.05, 3.63) is 36.5 Å². The van der Waals surface area contributed by atoms with E-state index in [2.05, 4.69) is 43.4 Å². The van der Waals surface area contributed by atoms with Crippen molar-refractivity contribution in [2.75, 3.05) is 41.0 Å². The highest BCUT2D eigenvalue weighted by molar-refractivity contribution is 5.69. The summed E-state index contributed by atoms with van der Waals surface area (Å²) < 4.78 is 10.7. The monoisotopic (exact) mass is 537 g/mol. The minimum atomic E-state index is -1.12. The Labute approximate surface area is 232 Å². The van der Waals surface area contributed by atoms with Gasteiger partial charge in [0.2, 0.25) is 0 Å². The molecule has 0 fully saturated rings. The minimum absolute atomic E-state index is 0.00960. The number of carboxylic acid groups (broad SMARTS) is 1. The number of hydrogen-bond donors (Lipinski definition) is 1. The average Bonchev–Trinajstić information content (AvgIpc) is 2.85. The van der Waals surface area contributed by atoms with Crippen LogP contribution >= 0.6 is 0 Å². The lowest BCUT2D eigenvalue weighted by Crippen LogP contribution is -2.55. The molecule has 0 aromatic heterocycles. The van der Waals surface area contributed by atoms with Crippen LogP contribution in [0.4, 0.5) is 0 Å². The first-order chi connectivity index (χ1) is 18.2. The number of hydrogen-bond acceptors (Lipinski definition) is 6. The fraction of sp³-hybridized carbons (Fsp3) is 0.742. The number of rotatable bonds is 25. The second kappa shape index (κ2) is 24.1. The van der Waals surface area contributed by atoms with E-state index in [9.17, 15) is 19.8 Å². The summed E-state index contributed by atoms with van der Waals surface area (Å²) in [7, 11) is 5.34. The van der Waals surface area contributed by atoms with Crippen molar-refractivity contribution >= 4 is 11.9 Å². The molecule has 0 amide bonds. The Hall–Kier alpha value is -1.96. The fourth-order valence-electron chi connectivity index (χ4n) is 3.95. The lowest BCUT2D eigenvalue weighted by Gasteiger charge is -2.34. The Bertz CT molecular complexity index is 680. The SMILES string of the molecule is CCCCCCC/C=C/C=C/C=C/CCCCCCCC(=O)OCC(O)COCCC(C(=O)[O-])[N+](C)(C)C. The topological polar surface area (TPSA) is 95.9 Å². The van der Waals surface area contributed by atoms with Crippen molar-refractivity contribution in [3.8, 4) is 0 Å². The van der Waals surface area contributed by atoms with Gasteiger partial charge in [-0.05, 0) is 32.1 Å². The maximum absolute atomic E-state index is 11.9. The summed E-state index contributed by atoms with van der Waals surface area (Å²) in [6.07, 6.45) is 26.6. The van der Waals surface area contributed by atoms with Crippen LogP contribution in [0, 0.1) is 0 Å². The lowest BCUT2D eigenvalue weighted by atomic mass is 10.1. The second-order valence-electron chi connectivity index (χ2n) is 10.9. The highest BCUT2D eigenvalue weighted by Crippen LogP contribution is 2.10. The van der Waals surface area contributed by atoms with Crippen LogP contribution in [-0.2, 0) is 19.1 Å².